The van der Waals surface area contributed by atoms with Crippen molar-refractivity contribution in [2.45, 2.75) is 0 Å². The van der Waals surface area contributed by atoms with E-state index in [-0.39, 0.29) is 28.3 Å². The summed E-state index contributed by atoms with van der Waals surface area (Å²) in [5, 5.41) is 6.29. The van der Waals surface area contributed by atoms with Gasteiger partial charge in [0.15, 0.2) is 6.61 Å². The zero-order chi connectivity index (χ0) is 20.8. The Morgan fingerprint density at radius 2 is 1.41 bits per heavy atom. The topological polar surface area (TPSA) is 67.4 Å². The molecule has 2 amide bonds. The molecule has 5 nitrogen and oxygen atoms in total. The van der Waals surface area contributed by atoms with Crippen LogP contribution in [0.2, 0.25) is 15.1 Å². The minimum Gasteiger partial charge on any atom is -0.482 e. The van der Waals surface area contributed by atoms with Crippen LogP contribution in [0.25, 0.3) is 0 Å². The molecule has 29 heavy (non-hydrogen) atoms. The summed E-state index contributed by atoms with van der Waals surface area (Å²) in [5.74, 6) is -0.398. The molecule has 0 aliphatic heterocycles. The molecule has 0 aromatic heterocycles. The summed E-state index contributed by atoms with van der Waals surface area (Å²) in [4.78, 5) is 24.4. The van der Waals surface area contributed by atoms with Gasteiger partial charge in [-0.2, -0.15) is 0 Å². The number of rotatable bonds is 6. The van der Waals surface area contributed by atoms with E-state index in [1.54, 1.807) is 48.5 Å². The van der Waals surface area contributed by atoms with E-state index in [2.05, 4.69) is 10.6 Å². The number of hydrogen-bond acceptors (Lipinski definition) is 3. The number of amides is 2. The molecule has 3 rings (SSSR count). The number of nitrogens with one attached hydrogen (secondary N) is 2. The third-order valence-corrected chi connectivity index (χ3v) is 4.79. The number of halogens is 3. The summed E-state index contributed by atoms with van der Waals surface area (Å²) < 4.78 is 5.40. The molecule has 0 atom stereocenters. The molecular weight excluding hydrogens is 435 g/mol. The van der Waals surface area contributed by atoms with Gasteiger partial charge in [0.1, 0.15) is 5.75 Å². The zero-order valence-electron chi connectivity index (χ0n) is 14.9. The zero-order valence-corrected chi connectivity index (χ0v) is 17.2. The number of carbonyl (C=O) groups is 2. The Labute approximate surface area is 182 Å². The summed E-state index contributed by atoms with van der Waals surface area (Å²) >= 11 is 17.8. The second-order valence-electron chi connectivity index (χ2n) is 5.93. The molecule has 0 spiro atoms. The molecule has 0 unspecified atom stereocenters. The van der Waals surface area contributed by atoms with E-state index in [4.69, 9.17) is 39.5 Å². The third-order valence-electron chi connectivity index (χ3n) is 3.77. The molecule has 3 aromatic carbocycles. The lowest BCUT2D eigenvalue weighted by atomic mass is 10.2. The predicted molar refractivity (Wildman–Crippen MR) is 116 cm³/mol. The van der Waals surface area contributed by atoms with Gasteiger partial charge in [-0.15, -0.1) is 0 Å². The molecule has 0 aliphatic carbocycles. The van der Waals surface area contributed by atoms with E-state index in [0.717, 1.165) is 0 Å². The van der Waals surface area contributed by atoms with Crippen LogP contribution >= 0.6 is 34.8 Å². The normalized spacial score (nSPS) is 10.3. The van der Waals surface area contributed by atoms with E-state index in [1.165, 1.54) is 12.1 Å². The van der Waals surface area contributed by atoms with Gasteiger partial charge < -0.3 is 15.4 Å². The van der Waals surface area contributed by atoms with Crippen molar-refractivity contribution < 1.29 is 14.3 Å². The Kier molecular flexibility index (Phi) is 6.99. The molecule has 3 aromatic rings. The minimum atomic E-state index is -0.404. The quantitative estimate of drug-likeness (QED) is 0.459. The largest absolute Gasteiger partial charge is 0.482 e. The molecular formula is C21H15Cl3N2O3. The van der Waals surface area contributed by atoms with E-state index in [0.29, 0.717) is 22.0 Å². The Morgan fingerprint density at radius 1 is 0.759 bits per heavy atom. The first-order valence-electron chi connectivity index (χ1n) is 8.46. The number of anilines is 2. The first-order chi connectivity index (χ1) is 13.9. The van der Waals surface area contributed by atoms with Crippen LogP contribution in [0.5, 0.6) is 5.75 Å². The molecule has 0 heterocycles. The van der Waals surface area contributed by atoms with Crippen LogP contribution < -0.4 is 15.4 Å². The van der Waals surface area contributed by atoms with Gasteiger partial charge in [-0.05, 0) is 36.4 Å². The molecule has 0 saturated heterocycles. The van der Waals surface area contributed by atoms with Crippen LogP contribution in [0.1, 0.15) is 10.4 Å². The minimum absolute atomic E-state index is 0.244. The first-order valence-corrected chi connectivity index (χ1v) is 9.59. The second-order valence-corrected chi connectivity index (χ2v) is 7.16. The van der Waals surface area contributed by atoms with Gasteiger partial charge in [-0.25, -0.2) is 0 Å². The van der Waals surface area contributed by atoms with Crippen molar-refractivity contribution in [1.29, 1.82) is 0 Å². The number of hydrogen-bond donors (Lipinski definition) is 2. The molecule has 0 saturated carbocycles. The molecule has 0 bridgehead atoms. The molecule has 8 heteroatoms. The highest BCUT2D eigenvalue weighted by molar-refractivity contribution is 6.43. The highest BCUT2D eigenvalue weighted by atomic mass is 35.5. The van der Waals surface area contributed by atoms with Crippen molar-refractivity contribution >= 4 is 58.0 Å². The van der Waals surface area contributed by atoms with E-state index in [1.807, 2.05) is 6.07 Å². The van der Waals surface area contributed by atoms with Crippen molar-refractivity contribution in [3.05, 3.63) is 87.4 Å². The van der Waals surface area contributed by atoms with Gasteiger partial charge in [0, 0.05) is 23.0 Å². The maximum atomic E-state index is 12.2. The fraction of sp³-hybridized carbons (Fsp3) is 0.0476. The molecule has 0 fully saturated rings. The van der Waals surface area contributed by atoms with E-state index in [9.17, 15) is 9.59 Å². The monoisotopic (exact) mass is 448 g/mol. The van der Waals surface area contributed by atoms with Crippen LogP contribution in [0.3, 0.4) is 0 Å². The van der Waals surface area contributed by atoms with Crippen molar-refractivity contribution in [2.24, 2.45) is 0 Å². The highest BCUT2D eigenvalue weighted by Gasteiger charge is 2.11. The van der Waals surface area contributed by atoms with Gasteiger partial charge in [0.05, 0.1) is 15.1 Å². The number of ether oxygens (including phenoxy) is 1. The maximum Gasteiger partial charge on any atom is 0.262 e. The summed E-state index contributed by atoms with van der Waals surface area (Å²) in [7, 11) is 0. The Hall–Kier alpha value is -2.73. The first kappa shape index (κ1) is 21.0. The lowest BCUT2D eigenvalue weighted by Gasteiger charge is -2.11. The Balaban J connectivity index is 1.59. The van der Waals surface area contributed by atoms with Crippen molar-refractivity contribution in [1.82, 2.24) is 0 Å². The molecule has 0 radical (unpaired) electrons. The van der Waals surface area contributed by atoms with Crippen molar-refractivity contribution in [3.8, 4) is 5.75 Å². The SMILES string of the molecule is O=C(COc1cc(Cl)c(Cl)cc1Cl)Nc1cccc(NC(=O)c2ccccc2)c1. The average molecular weight is 450 g/mol. The van der Waals surface area contributed by atoms with E-state index >= 15 is 0 Å². The van der Waals surface area contributed by atoms with Crippen molar-refractivity contribution in [2.75, 3.05) is 17.2 Å². The summed E-state index contributed by atoms with van der Waals surface area (Å²) in [6.45, 7) is -0.279. The molecule has 2 N–H and O–H groups in total. The number of benzene rings is 3. The average Bonchev–Trinajstić information content (AvgIpc) is 2.70. The summed E-state index contributed by atoms with van der Waals surface area (Å²) in [6.07, 6.45) is 0. The lowest BCUT2D eigenvalue weighted by molar-refractivity contribution is -0.118. The third kappa shape index (κ3) is 5.87. The smallest absolute Gasteiger partial charge is 0.262 e. The Morgan fingerprint density at radius 3 is 2.14 bits per heavy atom. The molecule has 0 aliphatic rings. The maximum absolute atomic E-state index is 12.2. The Bertz CT molecular complexity index is 1040. The predicted octanol–water partition coefficient (Wildman–Crippen LogP) is 5.92. The van der Waals surface area contributed by atoms with Gasteiger partial charge in [-0.1, -0.05) is 59.1 Å². The van der Waals surface area contributed by atoms with Crippen LogP contribution in [0.15, 0.2) is 66.7 Å². The van der Waals surface area contributed by atoms with Crippen LogP contribution in [0, 0.1) is 0 Å². The van der Waals surface area contributed by atoms with E-state index < -0.39 is 5.91 Å². The molecule has 148 valence electrons. The van der Waals surface area contributed by atoms with Gasteiger partial charge in [0.2, 0.25) is 0 Å². The summed E-state index contributed by atoms with van der Waals surface area (Å²) in [6, 6.07) is 18.5. The summed E-state index contributed by atoms with van der Waals surface area (Å²) in [5.41, 5.74) is 1.59. The van der Waals surface area contributed by atoms with Crippen LogP contribution in [0.4, 0.5) is 11.4 Å². The second kappa shape index (κ2) is 9.65. The van der Waals surface area contributed by atoms with Crippen LogP contribution in [-0.2, 0) is 4.79 Å². The highest BCUT2D eigenvalue weighted by Crippen LogP contribution is 2.33. The fourth-order valence-electron chi connectivity index (χ4n) is 2.42. The standard InChI is InChI=1S/C21H15Cl3N2O3/c22-16-10-18(24)19(11-17(16)23)29-12-20(27)25-14-7-4-8-15(9-14)26-21(28)13-5-2-1-3-6-13/h1-11H,12H2,(H,25,27)(H,26,28). The van der Waals surface area contributed by atoms with Gasteiger partial charge >= 0.3 is 0 Å². The fourth-order valence-corrected chi connectivity index (χ4v) is 3.01. The van der Waals surface area contributed by atoms with Gasteiger partial charge in [-0.3, -0.25) is 9.59 Å². The van der Waals surface area contributed by atoms with Crippen molar-refractivity contribution in [3.63, 3.8) is 0 Å². The lowest BCUT2D eigenvalue weighted by Crippen LogP contribution is -2.20. The van der Waals surface area contributed by atoms with Gasteiger partial charge in [0.25, 0.3) is 11.8 Å². The number of carbonyl (C=O) groups excluding carboxylic acids is 2. The van der Waals surface area contributed by atoms with Crippen LogP contribution in [-0.4, -0.2) is 18.4 Å².